The highest BCUT2D eigenvalue weighted by molar-refractivity contribution is 5.79. The number of hydrogen-bond donors (Lipinski definition) is 2. The molecule has 0 aromatic carbocycles. The summed E-state index contributed by atoms with van der Waals surface area (Å²) in [4.78, 5) is 9.27. The van der Waals surface area contributed by atoms with Crippen LogP contribution in [0.1, 0.15) is 45.0 Å². The number of imidazole rings is 1. The van der Waals surface area contributed by atoms with Crippen LogP contribution in [-0.4, -0.2) is 28.4 Å². The van der Waals surface area contributed by atoms with Crippen molar-refractivity contribution in [3.05, 3.63) is 35.8 Å². The monoisotopic (exact) mass is 315 g/mol. The first-order valence-corrected chi connectivity index (χ1v) is 8.56. The van der Waals surface area contributed by atoms with E-state index in [9.17, 15) is 0 Å². The quantitative estimate of drug-likeness (QED) is 0.469. The van der Waals surface area contributed by atoms with Crippen LogP contribution in [-0.2, 0) is 6.54 Å². The summed E-state index contributed by atoms with van der Waals surface area (Å²) in [6, 6.07) is 6.14. The Morgan fingerprint density at radius 2 is 2.13 bits per heavy atom. The van der Waals surface area contributed by atoms with Crippen molar-refractivity contribution in [2.45, 2.75) is 47.1 Å². The summed E-state index contributed by atoms with van der Waals surface area (Å²) in [6.45, 7) is 11.1. The number of aryl methyl sites for hydroxylation is 1. The zero-order valence-corrected chi connectivity index (χ0v) is 14.8. The standard InChI is InChI=1S/C18H29N5/c1-5-19-18(20-11-7-8-14(2)3)21-12-16-13-23-15(4)9-6-10-17(23)22-16/h6,9-10,13-14H,5,7-8,11-12H2,1-4H3,(H2,19,20,21). The fraction of sp³-hybridized carbons (Fsp3) is 0.556. The topological polar surface area (TPSA) is 53.7 Å². The lowest BCUT2D eigenvalue weighted by molar-refractivity contribution is 0.549. The Labute approximate surface area is 139 Å². The first kappa shape index (κ1) is 17.3. The van der Waals surface area contributed by atoms with Gasteiger partial charge >= 0.3 is 0 Å². The van der Waals surface area contributed by atoms with Crippen LogP contribution in [0.4, 0.5) is 0 Å². The molecule has 0 amide bonds. The van der Waals surface area contributed by atoms with Crippen LogP contribution in [0.2, 0.25) is 0 Å². The second kappa shape index (κ2) is 8.56. The van der Waals surface area contributed by atoms with Crippen LogP contribution in [0, 0.1) is 12.8 Å². The molecule has 126 valence electrons. The van der Waals surface area contributed by atoms with Gasteiger partial charge in [0.25, 0.3) is 0 Å². The molecule has 5 heteroatoms. The van der Waals surface area contributed by atoms with Gasteiger partial charge in [-0.1, -0.05) is 19.9 Å². The summed E-state index contributed by atoms with van der Waals surface area (Å²) in [7, 11) is 0. The van der Waals surface area contributed by atoms with Gasteiger partial charge in [0.1, 0.15) is 5.65 Å². The van der Waals surface area contributed by atoms with Gasteiger partial charge in [0.05, 0.1) is 12.2 Å². The average molecular weight is 315 g/mol. The third kappa shape index (κ3) is 5.27. The number of guanidine groups is 1. The molecule has 2 rings (SSSR count). The summed E-state index contributed by atoms with van der Waals surface area (Å²) >= 11 is 0. The third-order valence-corrected chi connectivity index (χ3v) is 3.74. The first-order chi connectivity index (χ1) is 11.1. The molecular formula is C18H29N5. The van der Waals surface area contributed by atoms with E-state index in [1.807, 2.05) is 12.1 Å². The molecule has 2 N–H and O–H groups in total. The minimum absolute atomic E-state index is 0.584. The van der Waals surface area contributed by atoms with Gasteiger partial charge in [0.2, 0.25) is 0 Å². The van der Waals surface area contributed by atoms with Crippen molar-refractivity contribution in [3.8, 4) is 0 Å². The number of aromatic nitrogens is 2. The molecule has 0 aliphatic rings. The van der Waals surface area contributed by atoms with Gasteiger partial charge in [0, 0.05) is 25.0 Å². The van der Waals surface area contributed by atoms with Gasteiger partial charge in [-0.3, -0.25) is 0 Å². The molecule has 5 nitrogen and oxygen atoms in total. The lowest BCUT2D eigenvalue weighted by atomic mass is 10.1. The van der Waals surface area contributed by atoms with Crippen LogP contribution in [0.5, 0.6) is 0 Å². The maximum absolute atomic E-state index is 4.64. The molecule has 0 atom stereocenters. The van der Waals surface area contributed by atoms with Crippen LogP contribution in [0.3, 0.4) is 0 Å². The Bertz CT molecular complexity index is 642. The minimum atomic E-state index is 0.584. The van der Waals surface area contributed by atoms with E-state index in [1.165, 1.54) is 12.1 Å². The highest BCUT2D eigenvalue weighted by atomic mass is 15.2. The molecule has 0 spiro atoms. The van der Waals surface area contributed by atoms with Gasteiger partial charge < -0.3 is 15.0 Å². The molecule has 23 heavy (non-hydrogen) atoms. The molecule has 0 aliphatic heterocycles. The highest BCUT2D eigenvalue weighted by Gasteiger charge is 2.03. The van der Waals surface area contributed by atoms with Crippen molar-refractivity contribution in [1.29, 1.82) is 0 Å². The zero-order valence-electron chi connectivity index (χ0n) is 14.8. The van der Waals surface area contributed by atoms with Gasteiger partial charge in [-0.15, -0.1) is 0 Å². The second-order valence-electron chi connectivity index (χ2n) is 6.29. The molecule has 0 bridgehead atoms. The normalized spacial score (nSPS) is 12.1. The number of nitrogens with one attached hydrogen (secondary N) is 2. The smallest absolute Gasteiger partial charge is 0.191 e. The summed E-state index contributed by atoms with van der Waals surface area (Å²) < 4.78 is 2.11. The zero-order chi connectivity index (χ0) is 16.7. The summed E-state index contributed by atoms with van der Waals surface area (Å²) in [6.07, 6.45) is 4.46. The van der Waals surface area contributed by atoms with Crippen molar-refractivity contribution in [3.63, 3.8) is 0 Å². The fourth-order valence-electron chi connectivity index (χ4n) is 2.49. The van der Waals surface area contributed by atoms with Gasteiger partial charge in [-0.2, -0.15) is 0 Å². The van der Waals surface area contributed by atoms with Crippen LogP contribution in [0.15, 0.2) is 29.4 Å². The maximum atomic E-state index is 4.64. The molecule has 0 radical (unpaired) electrons. The SMILES string of the molecule is CCNC(=NCc1cn2c(C)cccc2n1)NCCCC(C)C. The number of nitrogens with zero attached hydrogens (tertiary/aromatic N) is 3. The summed E-state index contributed by atoms with van der Waals surface area (Å²) in [5.41, 5.74) is 3.15. The van der Waals surface area contributed by atoms with E-state index >= 15 is 0 Å². The molecule has 0 aliphatic carbocycles. The van der Waals surface area contributed by atoms with E-state index < -0.39 is 0 Å². The van der Waals surface area contributed by atoms with Crippen molar-refractivity contribution in [2.24, 2.45) is 10.9 Å². The molecular weight excluding hydrogens is 286 g/mol. The molecule has 2 aromatic rings. The Morgan fingerprint density at radius 3 is 2.83 bits per heavy atom. The number of fused-ring (bicyclic) bond motifs is 1. The summed E-state index contributed by atoms with van der Waals surface area (Å²) in [5, 5.41) is 6.69. The van der Waals surface area contributed by atoms with Crippen molar-refractivity contribution >= 4 is 11.6 Å². The summed E-state index contributed by atoms with van der Waals surface area (Å²) in [5.74, 6) is 1.61. The van der Waals surface area contributed by atoms with Crippen LogP contribution in [0.25, 0.3) is 5.65 Å². The maximum Gasteiger partial charge on any atom is 0.191 e. The predicted molar refractivity (Wildman–Crippen MR) is 96.8 cm³/mol. The number of pyridine rings is 1. The number of hydrogen-bond acceptors (Lipinski definition) is 2. The second-order valence-corrected chi connectivity index (χ2v) is 6.29. The minimum Gasteiger partial charge on any atom is -0.357 e. The van der Waals surface area contributed by atoms with E-state index in [1.54, 1.807) is 0 Å². The Hall–Kier alpha value is -2.04. The Kier molecular flexibility index (Phi) is 6.44. The molecule has 2 aromatic heterocycles. The largest absolute Gasteiger partial charge is 0.357 e. The lowest BCUT2D eigenvalue weighted by Crippen LogP contribution is -2.37. The van der Waals surface area contributed by atoms with E-state index in [0.29, 0.717) is 6.54 Å². The third-order valence-electron chi connectivity index (χ3n) is 3.74. The van der Waals surface area contributed by atoms with E-state index in [0.717, 1.165) is 42.7 Å². The van der Waals surface area contributed by atoms with E-state index in [4.69, 9.17) is 0 Å². The average Bonchev–Trinajstić information content (AvgIpc) is 2.93. The number of aliphatic imine (C=N–C) groups is 1. The first-order valence-electron chi connectivity index (χ1n) is 8.56. The molecule has 2 heterocycles. The molecule has 0 saturated carbocycles. The van der Waals surface area contributed by atoms with E-state index in [-0.39, 0.29) is 0 Å². The van der Waals surface area contributed by atoms with Crippen LogP contribution < -0.4 is 10.6 Å². The fourth-order valence-corrected chi connectivity index (χ4v) is 2.49. The van der Waals surface area contributed by atoms with Crippen molar-refractivity contribution in [1.82, 2.24) is 20.0 Å². The highest BCUT2D eigenvalue weighted by Crippen LogP contribution is 2.09. The Morgan fingerprint density at radius 1 is 1.30 bits per heavy atom. The lowest BCUT2D eigenvalue weighted by Gasteiger charge is -2.11. The molecule has 0 saturated heterocycles. The van der Waals surface area contributed by atoms with Gasteiger partial charge in [0.15, 0.2) is 5.96 Å². The van der Waals surface area contributed by atoms with Crippen molar-refractivity contribution < 1.29 is 0 Å². The van der Waals surface area contributed by atoms with Crippen molar-refractivity contribution in [2.75, 3.05) is 13.1 Å². The number of rotatable bonds is 7. The molecule has 0 fully saturated rings. The van der Waals surface area contributed by atoms with Crippen LogP contribution >= 0.6 is 0 Å². The predicted octanol–water partition coefficient (Wildman–Crippen LogP) is 3.13. The van der Waals surface area contributed by atoms with Gasteiger partial charge in [-0.05, 0) is 44.7 Å². The Balaban J connectivity index is 1.96. The van der Waals surface area contributed by atoms with Gasteiger partial charge in [-0.25, -0.2) is 9.98 Å². The molecule has 0 unspecified atom stereocenters. The van der Waals surface area contributed by atoms with E-state index in [2.05, 4.69) is 65.0 Å².